The number of benzene rings is 1. The molecule has 3 saturated carbocycles. The van der Waals surface area contributed by atoms with Crippen molar-refractivity contribution in [1.29, 1.82) is 0 Å². The van der Waals surface area contributed by atoms with Gasteiger partial charge in [-0.05, 0) is 137 Å². The van der Waals surface area contributed by atoms with Crippen LogP contribution in [0.3, 0.4) is 0 Å². The third-order valence-corrected chi connectivity index (χ3v) is 11.2. The first-order valence-corrected chi connectivity index (χ1v) is 17.5. The number of carbonyl (C=O) groups is 3. The number of anilines is 3. The minimum absolute atomic E-state index is 0.00315. The molecule has 3 aliphatic carbocycles. The van der Waals surface area contributed by atoms with E-state index in [4.69, 9.17) is 0 Å². The standard InChI is InChI=1S/C37H59N3O3/c1-23(2)27-9-7-26(8-10-27)19-35(41)38-32-20-33(39-36(42)30-15-11-28(12-16-30)24(3)4)22-34(21-32)40-37(43)31-17-13-29(14-18-31)25(5)6/h20-31H,7-19H2,1-6H3,(H,38,41)(H,39,42)(H,40,43)/t26-,27+,28-,29-,30+,31+. The van der Waals surface area contributed by atoms with Gasteiger partial charge in [0.1, 0.15) is 0 Å². The molecule has 43 heavy (non-hydrogen) atoms. The van der Waals surface area contributed by atoms with Crippen LogP contribution in [0.25, 0.3) is 0 Å². The molecular weight excluding hydrogens is 534 g/mol. The number of hydrogen-bond acceptors (Lipinski definition) is 3. The molecule has 0 radical (unpaired) electrons. The van der Waals surface area contributed by atoms with E-state index in [1.54, 1.807) is 0 Å². The summed E-state index contributed by atoms with van der Waals surface area (Å²) in [7, 11) is 0. The van der Waals surface area contributed by atoms with Crippen molar-refractivity contribution in [3.8, 4) is 0 Å². The summed E-state index contributed by atoms with van der Waals surface area (Å²) in [5.41, 5.74) is 1.89. The van der Waals surface area contributed by atoms with Crippen LogP contribution >= 0.6 is 0 Å². The highest BCUT2D eigenvalue weighted by Gasteiger charge is 2.30. The fourth-order valence-electron chi connectivity index (χ4n) is 7.96. The van der Waals surface area contributed by atoms with E-state index in [1.165, 1.54) is 12.8 Å². The second kappa shape index (κ2) is 15.6. The van der Waals surface area contributed by atoms with Gasteiger partial charge < -0.3 is 16.0 Å². The smallest absolute Gasteiger partial charge is 0.227 e. The molecule has 240 valence electrons. The lowest BCUT2D eigenvalue weighted by molar-refractivity contribution is -0.121. The van der Waals surface area contributed by atoms with E-state index in [0.29, 0.717) is 59.0 Å². The Balaban J connectivity index is 1.41. The van der Waals surface area contributed by atoms with Gasteiger partial charge in [0.05, 0.1) is 0 Å². The summed E-state index contributed by atoms with van der Waals surface area (Å²) in [5, 5.41) is 9.38. The van der Waals surface area contributed by atoms with E-state index in [9.17, 15) is 14.4 Å². The molecule has 0 bridgehead atoms. The summed E-state index contributed by atoms with van der Waals surface area (Å²) in [6.45, 7) is 13.7. The zero-order valence-electron chi connectivity index (χ0n) is 27.8. The lowest BCUT2D eigenvalue weighted by Crippen LogP contribution is -2.29. The molecule has 0 unspecified atom stereocenters. The number of amides is 3. The molecule has 1 aromatic carbocycles. The molecule has 6 nitrogen and oxygen atoms in total. The SMILES string of the molecule is CC(C)[C@H]1CC[C@@H](CC(=O)Nc2cc(NC(=O)[C@H]3CC[C@@H](C(C)C)CC3)cc(NC(=O)[C@H]3CC[C@@H](C(C)C)CC3)c2)CC1. The highest BCUT2D eigenvalue weighted by Crippen LogP contribution is 2.37. The van der Waals surface area contributed by atoms with Crippen LogP contribution in [0.4, 0.5) is 17.1 Å². The second-order valence-electron chi connectivity index (χ2n) is 15.3. The van der Waals surface area contributed by atoms with Crippen LogP contribution < -0.4 is 16.0 Å². The number of nitrogens with one attached hydrogen (secondary N) is 3. The molecule has 3 aliphatic rings. The summed E-state index contributed by atoms with van der Waals surface area (Å²) in [6, 6.07) is 5.53. The predicted molar refractivity (Wildman–Crippen MR) is 178 cm³/mol. The third-order valence-electron chi connectivity index (χ3n) is 11.2. The Labute approximate surface area is 261 Å². The van der Waals surface area contributed by atoms with E-state index in [0.717, 1.165) is 70.1 Å². The molecule has 3 amide bonds. The minimum atomic E-state index is 0.00315. The minimum Gasteiger partial charge on any atom is -0.326 e. The van der Waals surface area contributed by atoms with Crippen molar-refractivity contribution in [2.24, 2.45) is 53.3 Å². The van der Waals surface area contributed by atoms with Crippen LogP contribution in [0.15, 0.2) is 18.2 Å². The van der Waals surface area contributed by atoms with Crippen molar-refractivity contribution >= 4 is 34.8 Å². The molecule has 0 aromatic heterocycles. The normalized spacial score (nSPS) is 28.1. The summed E-state index contributed by atoms with van der Waals surface area (Å²) in [5.74, 6) is 4.68. The molecule has 3 N–H and O–H groups in total. The Kier molecular flexibility index (Phi) is 12.1. The lowest BCUT2D eigenvalue weighted by Gasteiger charge is -2.30. The van der Waals surface area contributed by atoms with Crippen LogP contribution in [0.2, 0.25) is 0 Å². The number of hydrogen-bond donors (Lipinski definition) is 3. The molecule has 1 aromatic rings. The van der Waals surface area contributed by atoms with Crippen LogP contribution in [-0.2, 0) is 14.4 Å². The molecule has 0 saturated heterocycles. The second-order valence-corrected chi connectivity index (χ2v) is 15.3. The van der Waals surface area contributed by atoms with Crippen LogP contribution in [0.1, 0.15) is 125 Å². The quantitative estimate of drug-likeness (QED) is 0.253. The van der Waals surface area contributed by atoms with E-state index < -0.39 is 0 Å². The number of rotatable bonds is 10. The van der Waals surface area contributed by atoms with E-state index >= 15 is 0 Å². The third kappa shape index (κ3) is 9.81. The fourth-order valence-corrected chi connectivity index (χ4v) is 7.96. The Morgan fingerprint density at radius 1 is 0.535 bits per heavy atom. The molecule has 0 atom stereocenters. The van der Waals surface area contributed by atoms with Gasteiger partial charge in [0.25, 0.3) is 0 Å². The highest BCUT2D eigenvalue weighted by atomic mass is 16.2. The maximum atomic E-state index is 13.3. The van der Waals surface area contributed by atoms with Crippen molar-refractivity contribution < 1.29 is 14.4 Å². The molecular formula is C37H59N3O3. The predicted octanol–water partition coefficient (Wildman–Crippen LogP) is 9.28. The molecule has 0 aliphatic heterocycles. The highest BCUT2D eigenvalue weighted by molar-refractivity contribution is 5.98. The summed E-state index contributed by atoms with van der Waals surface area (Å²) in [6.07, 6.45) is 13.1. The van der Waals surface area contributed by atoms with Crippen molar-refractivity contribution in [1.82, 2.24) is 0 Å². The Hall–Kier alpha value is -2.37. The Morgan fingerprint density at radius 3 is 1.21 bits per heavy atom. The zero-order valence-corrected chi connectivity index (χ0v) is 27.8. The van der Waals surface area contributed by atoms with Gasteiger partial charge in [0, 0.05) is 35.3 Å². The average Bonchev–Trinajstić information content (AvgIpc) is 2.97. The maximum absolute atomic E-state index is 13.3. The molecule has 0 spiro atoms. The van der Waals surface area contributed by atoms with Gasteiger partial charge in [-0.15, -0.1) is 0 Å². The van der Waals surface area contributed by atoms with Gasteiger partial charge >= 0.3 is 0 Å². The van der Waals surface area contributed by atoms with Gasteiger partial charge in [0.2, 0.25) is 17.7 Å². The first-order valence-electron chi connectivity index (χ1n) is 17.5. The summed E-state index contributed by atoms with van der Waals surface area (Å²) >= 11 is 0. The maximum Gasteiger partial charge on any atom is 0.227 e. The van der Waals surface area contributed by atoms with Crippen LogP contribution in [0, 0.1) is 53.3 Å². The van der Waals surface area contributed by atoms with Gasteiger partial charge in [-0.1, -0.05) is 41.5 Å². The van der Waals surface area contributed by atoms with Gasteiger partial charge in [-0.25, -0.2) is 0 Å². The Bertz CT molecular complexity index is 1010. The van der Waals surface area contributed by atoms with Crippen molar-refractivity contribution in [2.45, 2.75) is 125 Å². The first-order chi connectivity index (χ1) is 20.5. The average molecular weight is 594 g/mol. The lowest BCUT2D eigenvalue weighted by atomic mass is 9.76. The first kappa shape index (κ1) is 33.5. The monoisotopic (exact) mass is 593 g/mol. The van der Waals surface area contributed by atoms with E-state index in [-0.39, 0.29) is 29.6 Å². The number of carbonyl (C=O) groups excluding carboxylic acids is 3. The van der Waals surface area contributed by atoms with E-state index in [1.807, 2.05) is 18.2 Å². The zero-order chi connectivity index (χ0) is 31.1. The molecule has 0 heterocycles. The summed E-state index contributed by atoms with van der Waals surface area (Å²) < 4.78 is 0. The van der Waals surface area contributed by atoms with Crippen molar-refractivity contribution in [2.75, 3.05) is 16.0 Å². The molecule has 4 rings (SSSR count). The van der Waals surface area contributed by atoms with Gasteiger partial charge in [-0.3, -0.25) is 14.4 Å². The van der Waals surface area contributed by atoms with Crippen LogP contribution in [0.5, 0.6) is 0 Å². The van der Waals surface area contributed by atoms with E-state index in [2.05, 4.69) is 57.5 Å². The largest absolute Gasteiger partial charge is 0.326 e. The topological polar surface area (TPSA) is 87.3 Å². The Morgan fingerprint density at radius 2 is 0.860 bits per heavy atom. The van der Waals surface area contributed by atoms with Crippen LogP contribution in [-0.4, -0.2) is 17.7 Å². The fraction of sp³-hybridized carbons (Fsp3) is 0.757. The molecule has 6 heteroatoms. The summed E-state index contributed by atoms with van der Waals surface area (Å²) in [4.78, 5) is 39.7. The van der Waals surface area contributed by atoms with Gasteiger partial charge in [-0.2, -0.15) is 0 Å². The molecule has 3 fully saturated rings. The van der Waals surface area contributed by atoms with Gasteiger partial charge in [0.15, 0.2) is 0 Å². The van der Waals surface area contributed by atoms with Crippen molar-refractivity contribution in [3.05, 3.63) is 18.2 Å². The van der Waals surface area contributed by atoms with Crippen molar-refractivity contribution in [3.63, 3.8) is 0 Å².